The van der Waals surface area contributed by atoms with Crippen molar-refractivity contribution in [1.29, 1.82) is 0 Å². The molecule has 1 heterocycles. The highest BCUT2D eigenvalue weighted by Crippen LogP contribution is 2.25. The van der Waals surface area contributed by atoms with Gasteiger partial charge in [-0.1, -0.05) is 30.0 Å². The van der Waals surface area contributed by atoms with E-state index < -0.39 is 0 Å². The highest BCUT2D eigenvalue weighted by Gasteiger charge is 2.14. The molecule has 0 spiro atoms. The number of aromatic nitrogens is 2. The summed E-state index contributed by atoms with van der Waals surface area (Å²) in [6.45, 7) is 2.05. The van der Waals surface area contributed by atoms with Crippen molar-refractivity contribution in [3.05, 3.63) is 47.3 Å². The first-order valence-electron chi connectivity index (χ1n) is 8.14. The number of amides is 1. The van der Waals surface area contributed by atoms with Crippen LogP contribution in [0.25, 0.3) is 0 Å². The molecule has 0 fully saturated rings. The van der Waals surface area contributed by atoms with E-state index in [-0.39, 0.29) is 11.9 Å². The van der Waals surface area contributed by atoms with Gasteiger partial charge in [-0.25, -0.2) is 4.98 Å². The van der Waals surface area contributed by atoms with Crippen molar-refractivity contribution < 1.29 is 4.79 Å². The number of hydrogen-bond donors (Lipinski definition) is 1. The van der Waals surface area contributed by atoms with Gasteiger partial charge >= 0.3 is 0 Å². The van der Waals surface area contributed by atoms with Gasteiger partial charge in [-0.2, -0.15) is 0 Å². The van der Waals surface area contributed by atoms with Gasteiger partial charge in [-0.3, -0.25) is 4.79 Å². The first-order chi connectivity index (χ1) is 11.1. The number of thioether (sulfide) groups is 1. The van der Waals surface area contributed by atoms with Crippen molar-refractivity contribution in [2.24, 2.45) is 7.05 Å². The molecule has 0 bridgehead atoms. The minimum atomic E-state index is 0.0386. The van der Waals surface area contributed by atoms with E-state index in [4.69, 9.17) is 0 Å². The van der Waals surface area contributed by atoms with Gasteiger partial charge < -0.3 is 9.88 Å². The number of nitrogens with zero attached hydrogens (tertiary/aromatic N) is 2. The van der Waals surface area contributed by atoms with E-state index in [0.717, 1.165) is 5.16 Å². The van der Waals surface area contributed by atoms with Crippen LogP contribution in [0.1, 0.15) is 42.5 Å². The summed E-state index contributed by atoms with van der Waals surface area (Å²) in [5, 5.41) is 3.95. The fraction of sp³-hybridized carbons (Fsp3) is 0.444. The number of aryl methyl sites for hydroxylation is 3. The standard InChI is InChI=1S/C18H23N3OS/c1-13(15-8-7-14-5-3-4-6-16(14)11-15)20-17(22)12-23-18-19-9-10-21(18)2/h7-11,13H,3-6,12H2,1-2H3,(H,20,22). The summed E-state index contributed by atoms with van der Waals surface area (Å²) in [5.41, 5.74) is 4.13. The van der Waals surface area contributed by atoms with Crippen molar-refractivity contribution in [2.45, 2.75) is 43.8 Å². The largest absolute Gasteiger partial charge is 0.349 e. The molecule has 122 valence electrons. The Balaban J connectivity index is 1.57. The molecular weight excluding hydrogens is 306 g/mol. The highest BCUT2D eigenvalue weighted by atomic mass is 32.2. The number of imidazole rings is 1. The van der Waals surface area contributed by atoms with Crippen molar-refractivity contribution in [2.75, 3.05) is 5.75 Å². The predicted molar refractivity (Wildman–Crippen MR) is 93.6 cm³/mol. The third-order valence-electron chi connectivity index (χ3n) is 4.36. The zero-order valence-electron chi connectivity index (χ0n) is 13.7. The molecular formula is C18H23N3OS. The Bertz CT molecular complexity index is 695. The monoisotopic (exact) mass is 329 g/mol. The van der Waals surface area contributed by atoms with Crippen LogP contribution in [0.15, 0.2) is 35.7 Å². The van der Waals surface area contributed by atoms with E-state index in [1.54, 1.807) is 6.20 Å². The van der Waals surface area contributed by atoms with Crippen LogP contribution in [0.4, 0.5) is 0 Å². The Morgan fingerprint density at radius 3 is 2.87 bits per heavy atom. The summed E-state index contributed by atoms with van der Waals surface area (Å²) < 4.78 is 1.92. The third-order valence-corrected chi connectivity index (χ3v) is 5.42. The average Bonchev–Trinajstić information content (AvgIpc) is 2.97. The number of nitrogens with one attached hydrogen (secondary N) is 1. The summed E-state index contributed by atoms with van der Waals surface area (Å²) in [6, 6.07) is 6.69. The van der Waals surface area contributed by atoms with Crippen LogP contribution in [0.2, 0.25) is 0 Å². The number of fused-ring (bicyclic) bond motifs is 1. The van der Waals surface area contributed by atoms with Crippen molar-refractivity contribution in [3.63, 3.8) is 0 Å². The zero-order valence-corrected chi connectivity index (χ0v) is 14.5. The van der Waals surface area contributed by atoms with E-state index in [2.05, 4.69) is 28.5 Å². The molecule has 1 aromatic carbocycles. The molecule has 0 radical (unpaired) electrons. The first-order valence-corrected chi connectivity index (χ1v) is 9.13. The number of carbonyl (C=O) groups excluding carboxylic acids is 1. The molecule has 1 unspecified atom stereocenters. The van der Waals surface area contributed by atoms with Crippen LogP contribution >= 0.6 is 11.8 Å². The molecule has 0 saturated carbocycles. The summed E-state index contributed by atoms with van der Waals surface area (Å²) in [6.07, 6.45) is 8.56. The van der Waals surface area contributed by atoms with Gasteiger partial charge in [0.2, 0.25) is 5.91 Å². The second-order valence-electron chi connectivity index (χ2n) is 6.13. The Morgan fingerprint density at radius 2 is 2.13 bits per heavy atom. The lowest BCUT2D eigenvalue weighted by atomic mass is 9.89. The minimum Gasteiger partial charge on any atom is -0.349 e. The topological polar surface area (TPSA) is 46.9 Å². The van der Waals surface area contributed by atoms with Crippen molar-refractivity contribution >= 4 is 17.7 Å². The van der Waals surface area contributed by atoms with Gasteiger partial charge in [0.15, 0.2) is 5.16 Å². The van der Waals surface area contributed by atoms with Crippen molar-refractivity contribution in [1.82, 2.24) is 14.9 Å². The van der Waals surface area contributed by atoms with E-state index in [9.17, 15) is 4.79 Å². The molecule has 5 heteroatoms. The molecule has 1 amide bonds. The molecule has 1 aromatic heterocycles. The Kier molecular flexibility index (Phi) is 5.06. The predicted octanol–water partition coefficient (Wildman–Crippen LogP) is 3.27. The summed E-state index contributed by atoms with van der Waals surface area (Å²) in [4.78, 5) is 16.4. The Hall–Kier alpha value is -1.75. The number of rotatable bonds is 5. The van der Waals surface area contributed by atoms with Gasteiger partial charge in [0, 0.05) is 19.4 Å². The van der Waals surface area contributed by atoms with E-state index in [1.807, 2.05) is 24.7 Å². The summed E-state index contributed by atoms with van der Waals surface area (Å²) >= 11 is 1.46. The lowest BCUT2D eigenvalue weighted by Gasteiger charge is -2.20. The summed E-state index contributed by atoms with van der Waals surface area (Å²) in [7, 11) is 1.93. The van der Waals surface area contributed by atoms with Gasteiger partial charge in [0.25, 0.3) is 0 Å². The number of benzene rings is 1. The molecule has 0 aliphatic heterocycles. The molecule has 3 rings (SSSR count). The van der Waals surface area contributed by atoms with Gasteiger partial charge in [0.05, 0.1) is 11.8 Å². The average molecular weight is 329 g/mol. The van der Waals surface area contributed by atoms with Crippen LogP contribution in [0, 0.1) is 0 Å². The Morgan fingerprint density at radius 1 is 1.35 bits per heavy atom. The third kappa shape index (κ3) is 3.96. The van der Waals surface area contributed by atoms with Gasteiger partial charge in [-0.05, 0) is 49.3 Å². The maximum atomic E-state index is 12.2. The maximum absolute atomic E-state index is 12.2. The fourth-order valence-electron chi connectivity index (χ4n) is 3.01. The number of carbonyl (C=O) groups is 1. The van der Waals surface area contributed by atoms with Crippen LogP contribution in [-0.4, -0.2) is 21.2 Å². The normalized spacial score (nSPS) is 15.0. The molecule has 1 atom stereocenters. The van der Waals surface area contributed by atoms with E-state index in [1.165, 1.54) is 54.1 Å². The Labute approximate surface area is 141 Å². The van der Waals surface area contributed by atoms with Crippen LogP contribution in [-0.2, 0) is 24.7 Å². The smallest absolute Gasteiger partial charge is 0.230 e. The summed E-state index contributed by atoms with van der Waals surface area (Å²) in [5.74, 6) is 0.434. The molecule has 1 aliphatic rings. The van der Waals surface area contributed by atoms with Crippen LogP contribution < -0.4 is 5.32 Å². The van der Waals surface area contributed by atoms with E-state index in [0.29, 0.717) is 5.75 Å². The first kappa shape index (κ1) is 16.1. The fourth-order valence-corrected chi connectivity index (χ4v) is 3.75. The van der Waals surface area contributed by atoms with Gasteiger partial charge in [0.1, 0.15) is 0 Å². The van der Waals surface area contributed by atoms with Gasteiger partial charge in [-0.15, -0.1) is 0 Å². The van der Waals surface area contributed by atoms with Crippen molar-refractivity contribution in [3.8, 4) is 0 Å². The lowest BCUT2D eigenvalue weighted by molar-refractivity contribution is -0.119. The highest BCUT2D eigenvalue weighted by molar-refractivity contribution is 7.99. The maximum Gasteiger partial charge on any atom is 0.230 e. The molecule has 1 N–H and O–H groups in total. The second-order valence-corrected chi connectivity index (χ2v) is 7.08. The van der Waals surface area contributed by atoms with E-state index >= 15 is 0 Å². The molecule has 0 saturated heterocycles. The van der Waals surface area contributed by atoms with Crippen LogP contribution in [0.5, 0.6) is 0 Å². The molecule has 4 nitrogen and oxygen atoms in total. The molecule has 1 aliphatic carbocycles. The zero-order chi connectivity index (χ0) is 16.2. The number of hydrogen-bond acceptors (Lipinski definition) is 3. The molecule has 2 aromatic rings. The quantitative estimate of drug-likeness (QED) is 0.857. The second kappa shape index (κ2) is 7.21. The van der Waals surface area contributed by atoms with Crippen LogP contribution in [0.3, 0.4) is 0 Å². The SMILES string of the molecule is CC(NC(=O)CSc1nccn1C)c1ccc2c(c1)CCCC2. The lowest BCUT2D eigenvalue weighted by Crippen LogP contribution is -2.28. The molecule has 23 heavy (non-hydrogen) atoms. The minimum absolute atomic E-state index is 0.0386.